The van der Waals surface area contributed by atoms with E-state index in [4.69, 9.17) is 27.9 Å². The number of carbonyl (C=O) groups is 1. The van der Waals surface area contributed by atoms with Gasteiger partial charge in [-0.1, -0.05) is 29.3 Å². The molecule has 5 nitrogen and oxygen atoms in total. The summed E-state index contributed by atoms with van der Waals surface area (Å²) >= 11 is 12.7. The minimum absolute atomic E-state index is 0.133. The number of esters is 1. The molecule has 1 aliphatic heterocycles. The van der Waals surface area contributed by atoms with E-state index in [9.17, 15) is 4.79 Å². The number of carbonyl (C=O) groups excluding carboxylic acids is 1. The van der Waals surface area contributed by atoms with Crippen LogP contribution < -0.4 is 4.90 Å². The van der Waals surface area contributed by atoms with Crippen LogP contribution in [0.4, 0.5) is 5.69 Å². The molecule has 0 unspecified atom stereocenters. The quantitative estimate of drug-likeness (QED) is 0.617. The summed E-state index contributed by atoms with van der Waals surface area (Å²) in [5.41, 5.74) is 1.97. The lowest BCUT2D eigenvalue weighted by atomic mass is 9.97. The molecule has 26 heavy (non-hydrogen) atoms. The summed E-state index contributed by atoms with van der Waals surface area (Å²) in [4.78, 5) is 18.0. The lowest BCUT2D eigenvalue weighted by molar-refractivity contribution is -0.141. The molecule has 4 rings (SSSR count). The Morgan fingerprint density at radius 1 is 1.31 bits per heavy atom. The molecule has 3 aromatic rings. The lowest BCUT2D eigenvalue weighted by Crippen LogP contribution is -2.49. The third kappa shape index (κ3) is 2.91. The van der Waals surface area contributed by atoms with Gasteiger partial charge in [-0.3, -0.25) is 4.79 Å². The molecule has 0 N–H and O–H groups in total. The van der Waals surface area contributed by atoms with Gasteiger partial charge in [-0.15, -0.1) is 0 Å². The molecule has 1 fully saturated rings. The standard InChI is InChI=1S/C19H17Cl2N3O2/c1-26-18(25)10-12-4-6-24(12)13-8-15-14(2-3-16(20)19(15)21)17(9-13)23-7-5-22-11-23/h2-3,5,7-9,11-12H,4,6,10H2,1H3/t12-/m0/s1. The number of fused-ring (bicyclic) bond motifs is 1. The molecule has 0 spiro atoms. The number of hydrogen-bond acceptors (Lipinski definition) is 4. The topological polar surface area (TPSA) is 47.4 Å². The molecule has 0 aliphatic carbocycles. The van der Waals surface area contributed by atoms with Gasteiger partial charge in [0.2, 0.25) is 0 Å². The van der Waals surface area contributed by atoms with Gasteiger partial charge in [0.15, 0.2) is 0 Å². The second kappa shape index (κ2) is 6.82. The summed E-state index contributed by atoms with van der Waals surface area (Å²) in [7, 11) is 1.42. The molecule has 1 aromatic heterocycles. The van der Waals surface area contributed by atoms with Gasteiger partial charge in [-0.25, -0.2) is 4.98 Å². The minimum atomic E-state index is -0.198. The molecule has 1 aliphatic rings. The van der Waals surface area contributed by atoms with Crippen LogP contribution in [-0.2, 0) is 9.53 Å². The molecule has 0 radical (unpaired) electrons. The number of aromatic nitrogens is 2. The van der Waals surface area contributed by atoms with Gasteiger partial charge in [-0.2, -0.15) is 0 Å². The van der Waals surface area contributed by atoms with E-state index in [-0.39, 0.29) is 12.0 Å². The molecule has 134 valence electrons. The van der Waals surface area contributed by atoms with Crippen molar-refractivity contribution in [3.63, 3.8) is 0 Å². The molecule has 0 amide bonds. The number of anilines is 1. The fourth-order valence-electron chi connectivity index (χ4n) is 3.39. The highest BCUT2D eigenvalue weighted by Gasteiger charge is 2.31. The Morgan fingerprint density at radius 2 is 2.15 bits per heavy atom. The van der Waals surface area contributed by atoms with Crippen LogP contribution in [-0.4, -0.2) is 35.2 Å². The van der Waals surface area contributed by atoms with Crippen molar-refractivity contribution in [3.8, 4) is 5.69 Å². The Hall–Kier alpha value is -2.24. The first-order valence-electron chi connectivity index (χ1n) is 8.32. The highest BCUT2D eigenvalue weighted by Crippen LogP contribution is 2.39. The molecule has 0 saturated carbocycles. The van der Waals surface area contributed by atoms with Crippen molar-refractivity contribution in [2.75, 3.05) is 18.6 Å². The number of methoxy groups -OCH3 is 1. The van der Waals surface area contributed by atoms with Crippen molar-refractivity contribution in [1.82, 2.24) is 9.55 Å². The average molecular weight is 390 g/mol. The summed E-state index contributed by atoms with van der Waals surface area (Å²) in [6, 6.07) is 8.03. The van der Waals surface area contributed by atoms with Gasteiger partial charge in [0.25, 0.3) is 0 Å². The van der Waals surface area contributed by atoms with Gasteiger partial charge in [0.05, 0.1) is 35.6 Å². The third-order valence-corrected chi connectivity index (χ3v) is 5.69. The van der Waals surface area contributed by atoms with E-state index in [0.29, 0.717) is 16.5 Å². The van der Waals surface area contributed by atoms with Crippen LogP contribution >= 0.6 is 23.2 Å². The maximum absolute atomic E-state index is 11.7. The Labute approximate surface area is 161 Å². The highest BCUT2D eigenvalue weighted by atomic mass is 35.5. The van der Waals surface area contributed by atoms with Gasteiger partial charge < -0.3 is 14.2 Å². The smallest absolute Gasteiger partial charge is 0.307 e. The van der Waals surface area contributed by atoms with Crippen molar-refractivity contribution in [2.24, 2.45) is 0 Å². The van der Waals surface area contributed by atoms with Crippen LogP contribution in [0.5, 0.6) is 0 Å². The monoisotopic (exact) mass is 389 g/mol. The van der Waals surface area contributed by atoms with Gasteiger partial charge in [0, 0.05) is 41.4 Å². The maximum Gasteiger partial charge on any atom is 0.307 e. The lowest BCUT2D eigenvalue weighted by Gasteiger charge is -2.42. The molecular weight excluding hydrogens is 373 g/mol. The Kier molecular flexibility index (Phi) is 4.51. The van der Waals surface area contributed by atoms with Gasteiger partial charge in [-0.05, 0) is 24.6 Å². The second-order valence-corrected chi connectivity index (χ2v) is 7.09. The maximum atomic E-state index is 11.7. The van der Waals surface area contributed by atoms with E-state index in [1.54, 1.807) is 18.6 Å². The van der Waals surface area contributed by atoms with E-state index in [1.807, 2.05) is 22.9 Å². The Balaban J connectivity index is 1.83. The molecule has 7 heteroatoms. The molecule has 1 atom stereocenters. The van der Waals surface area contributed by atoms with E-state index in [0.717, 1.165) is 35.1 Å². The summed E-state index contributed by atoms with van der Waals surface area (Å²) < 4.78 is 6.76. The summed E-state index contributed by atoms with van der Waals surface area (Å²) in [6.07, 6.45) is 6.71. The average Bonchev–Trinajstić information content (AvgIpc) is 3.16. The van der Waals surface area contributed by atoms with Crippen LogP contribution in [0.3, 0.4) is 0 Å². The number of rotatable bonds is 4. The predicted molar refractivity (Wildman–Crippen MR) is 103 cm³/mol. The Morgan fingerprint density at radius 3 is 2.81 bits per heavy atom. The SMILES string of the molecule is COC(=O)C[C@@H]1CCN1c1cc(-n2ccnc2)c2ccc(Cl)c(Cl)c2c1. The van der Waals surface area contributed by atoms with Crippen LogP contribution in [0, 0.1) is 0 Å². The number of ether oxygens (including phenoxy) is 1. The number of benzene rings is 2. The van der Waals surface area contributed by atoms with Crippen molar-refractivity contribution in [2.45, 2.75) is 18.9 Å². The fourth-order valence-corrected chi connectivity index (χ4v) is 3.77. The first-order chi connectivity index (χ1) is 12.6. The van der Waals surface area contributed by atoms with E-state index in [2.05, 4.69) is 16.0 Å². The Bertz CT molecular complexity index is 973. The van der Waals surface area contributed by atoms with Gasteiger partial charge in [0.1, 0.15) is 0 Å². The van der Waals surface area contributed by atoms with Gasteiger partial charge >= 0.3 is 5.97 Å². The molecule has 2 heterocycles. The van der Waals surface area contributed by atoms with E-state index < -0.39 is 0 Å². The third-order valence-electron chi connectivity index (χ3n) is 4.87. The molecule has 0 bridgehead atoms. The zero-order chi connectivity index (χ0) is 18.3. The number of hydrogen-bond donors (Lipinski definition) is 0. The highest BCUT2D eigenvalue weighted by molar-refractivity contribution is 6.45. The van der Waals surface area contributed by atoms with Crippen LogP contribution in [0.2, 0.25) is 10.0 Å². The fraction of sp³-hybridized carbons (Fsp3) is 0.263. The minimum Gasteiger partial charge on any atom is -0.469 e. The van der Waals surface area contributed by atoms with Crippen LogP contribution in [0.1, 0.15) is 12.8 Å². The first-order valence-corrected chi connectivity index (χ1v) is 9.07. The van der Waals surface area contributed by atoms with Crippen molar-refractivity contribution < 1.29 is 9.53 Å². The van der Waals surface area contributed by atoms with Crippen LogP contribution in [0.15, 0.2) is 43.0 Å². The predicted octanol–water partition coefficient (Wildman–Crippen LogP) is 4.47. The largest absolute Gasteiger partial charge is 0.469 e. The van der Waals surface area contributed by atoms with Crippen LogP contribution in [0.25, 0.3) is 16.5 Å². The first kappa shape index (κ1) is 17.2. The molecular formula is C19H17Cl2N3O2. The zero-order valence-corrected chi connectivity index (χ0v) is 15.7. The molecule has 2 aromatic carbocycles. The van der Waals surface area contributed by atoms with Crippen molar-refractivity contribution in [1.29, 1.82) is 0 Å². The number of halogens is 2. The number of imidazole rings is 1. The number of nitrogens with zero attached hydrogens (tertiary/aromatic N) is 3. The van der Waals surface area contributed by atoms with Crippen molar-refractivity contribution in [3.05, 3.63) is 53.0 Å². The van der Waals surface area contributed by atoms with Crippen molar-refractivity contribution >= 4 is 45.6 Å². The van der Waals surface area contributed by atoms with E-state index in [1.165, 1.54) is 7.11 Å². The van der Waals surface area contributed by atoms with E-state index >= 15 is 0 Å². The summed E-state index contributed by atoms with van der Waals surface area (Å²) in [6.45, 7) is 0.884. The summed E-state index contributed by atoms with van der Waals surface area (Å²) in [5, 5.41) is 2.91. The normalized spacial score (nSPS) is 16.6. The second-order valence-electron chi connectivity index (χ2n) is 6.31. The molecule has 1 saturated heterocycles. The summed E-state index contributed by atoms with van der Waals surface area (Å²) in [5.74, 6) is -0.198. The zero-order valence-electron chi connectivity index (χ0n) is 14.2.